The zero-order valence-corrected chi connectivity index (χ0v) is 11.8. The van der Waals surface area contributed by atoms with Crippen LogP contribution in [0.3, 0.4) is 0 Å². The van der Waals surface area contributed by atoms with Crippen LogP contribution in [0.2, 0.25) is 0 Å². The molecule has 7 heteroatoms. The highest BCUT2D eigenvalue weighted by Crippen LogP contribution is 2.40. The Morgan fingerprint density at radius 3 is 2.67 bits per heavy atom. The van der Waals surface area contributed by atoms with Gasteiger partial charge in [-0.1, -0.05) is 0 Å². The molecule has 0 aromatic carbocycles. The summed E-state index contributed by atoms with van der Waals surface area (Å²) in [5.41, 5.74) is 0.0926. The van der Waals surface area contributed by atoms with E-state index in [4.69, 9.17) is 5.11 Å². The quantitative estimate of drug-likeness (QED) is 0.868. The Balaban J connectivity index is 2.62. The van der Waals surface area contributed by atoms with E-state index < -0.39 is 5.97 Å². The highest BCUT2D eigenvalue weighted by atomic mass is 79.9. The predicted octanol–water partition coefficient (Wildman–Crippen LogP) is 4.09. The van der Waals surface area contributed by atoms with Gasteiger partial charge in [0.05, 0.1) is 9.75 Å². The number of carboxylic acids is 1. The van der Waals surface area contributed by atoms with Crippen molar-refractivity contribution in [1.29, 1.82) is 0 Å². The molecule has 2 rings (SSSR count). The molecule has 0 bridgehead atoms. The molecule has 0 saturated heterocycles. The van der Waals surface area contributed by atoms with Gasteiger partial charge in [-0.15, -0.1) is 22.7 Å². The van der Waals surface area contributed by atoms with E-state index in [1.807, 2.05) is 11.4 Å². The molecule has 0 fully saturated rings. The van der Waals surface area contributed by atoms with Crippen LogP contribution < -0.4 is 0 Å². The van der Waals surface area contributed by atoms with Crippen LogP contribution in [0.5, 0.6) is 0 Å². The average molecular weight is 369 g/mol. The summed E-state index contributed by atoms with van der Waals surface area (Å²) < 4.78 is 1.47. The number of halogens is 2. The minimum atomic E-state index is -1.01. The lowest BCUT2D eigenvalue weighted by Gasteiger charge is -1.94. The Labute approximate surface area is 110 Å². The van der Waals surface area contributed by atoms with Crippen LogP contribution in [0.1, 0.15) is 10.5 Å². The molecule has 2 heterocycles. The molecule has 0 saturated carbocycles. The largest absolute Gasteiger partial charge is 0.476 e. The number of hydrogen-bond donors (Lipinski definition) is 1. The van der Waals surface area contributed by atoms with Crippen molar-refractivity contribution in [1.82, 2.24) is 4.98 Å². The Morgan fingerprint density at radius 2 is 2.13 bits per heavy atom. The van der Waals surface area contributed by atoms with E-state index in [2.05, 4.69) is 36.8 Å². The van der Waals surface area contributed by atoms with Gasteiger partial charge in [0.1, 0.15) is 0 Å². The Bertz CT molecular complexity index is 520. The fraction of sp³-hybridized carbons (Fsp3) is 0. The number of thiophene rings is 1. The molecule has 15 heavy (non-hydrogen) atoms. The van der Waals surface area contributed by atoms with Crippen LogP contribution in [-0.2, 0) is 0 Å². The summed E-state index contributed by atoms with van der Waals surface area (Å²) in [5.74, 6) is -1.01. The summed E-state index contributed by atoms with van der Waals surface area (Å²) >= 11 is 9.38. The van der Waals surface area contributed by atoms with Gasteiger partial charge in [0.2, 0.25) is 0 Å². The van der Waals surface area contributed by atoms with Gasteiger partial charge in [0.15, 0.2) is 9.61 Å². The summed E-state index contributed by atoms with van der Waals surface area (Å²) in [6.45, 7) is 0. The van der Waals surface area contributed by atoms with Crippen LogP contribution in [0.15, 0.2) is 19.8 Å². The van der Waals surface area contributed by atoms with Crippen molar-refractivity contribution in [2.24, 2.45) is 0 Å². The molecule has 2 aromatic heterocycles. The van der Waals surface area contributed by atoms with Gasteiger partial charge in [0, 0.05) is 4.47 Å². The number of nitrogens with zero attached hydrogens (tertiary/aromatic N) is 1. The van der Waals surface area contributed by atoms with Crippen LogP contribution in [0, 0.1) is 0 Å². The maximum atomic E-state index is 11.0. The van der Waals surface area contributed by atoms with Crippen LogP contribution in [0.4, 0.5) is 0 Å². The van der Waals surface area contributed by atoms with Gasteiger partial charge < -0.3 is 5.11 Å². The molecule has 1 N–H and O–H groups in total. The molecule has 0 amide bonds. The fourth-order valence-corrected chi connectivity index (χ4v) is 4.36. The monoisotopic (exact) mass is 367 g/mol. The molecule has 78 valence electrons. The molecular formula is C8H3Br2NO2S2. The third-order valence-corrected chi connectivity index (χ3v) is 5.14. The second kappa shape index (κ2) is 4.32. The molecule has 0 radical (unpaired) electrons. The SMILES string of the molecule is O=C(O)c1nc(Br)sc1-c1sccc1Br. The first-order valence-electron chi connectivity index (χ1n) is 3.72. The maximum Gasteiger partial charge on any atom is 0.356 e. The first-order chi connectivity index (χ1) is 7.09. The molecule has 3 nitrogen and oxygen atoms in total. The Kier molecular flexibility index (Phi) is 3.24. The topological polar surface area (TPSA) is 50.2 Å². The van der Waals surface area contributed by atoms with E-state index in [1.165, 1.54) is 22.7 Å². The minimum Gasteiger partial charge on any atom is -0.476 e. The normalized spacial score (nSPS) is 10.5. The summed E-state index contributed by atoms with van der Waals surface area (Å²) in [6, 6.07) is 1.89. The van der Waals surface area contributed by atoms with Gasteiger partial charge in [-0.25, -0.2) is 9.78 Å². The summed E-state index contributed by atoms with van der Waals surface area (Å²) in [5, 5.41) is 10.9. The number of aromatic carboxylic acids is 1. The molecule has 0 unspecified atom stereocenters. The summed E-state index contributed by atoms with van der Waals surface area (Å²) in [7, 11) is 0. The lowest BCUT2D eigenvalue weighted by Crippen LogP contribution is -1.97. The first kappa shape index (κ1) is 11.3. The highest BCUT2D eigenvalue weighted by molar-refractivity contribution is 9.11. The van der Waals surface area contributed by atoms with E-state index in [9.17, 15) is 4.79 Å². The van der Waals surface area contributed by atoms with E-state index >= 15 is 0 Å². The van der Waals surface area contributed by atoms with Crippen molar-refractivity contribution in [2.75, 3.05) is 0 Å². The van der Waals surface area contributed by atoms with Crippen LogP contribution in [0.25, 0.3) is 9.75 Å². The molecule has 0 atom stereocenters. The first-order valence-corrected chi connectivity index (χ1v) is 7.01. The van der Waals surface area contributed by atoms with Crippen molar-refractivity contribution in [3.05, 3.63) is 25.5 Å². The van der Waals surface area contributed by atoms with Crippen LogP contribution >= 0.6 is 54.5 Å². The number of thiazole rings is 1. The van der Waals surface area contributed by atoms with Gasteiger partial charge in [0.25, 0.3) is 0 Å². The van der Waals surface area contributed by atoms with Crippen molar-refractivity contribution < 1.29 is 9.90 Å². The highest BCUT2D eigenvalue weighted by Gasteiger charge is 2.20. The average Bonchev–Trinajstić information content (AvgIpc) is 2.71. The number of rotatable bonds is 2. The fourth-order valence-electron chi connectivity index (χ4n) is 1.05. The van der Waals surface area contributed by atoms with Crippen molar-refractivity contribution in [2.45, 2.75) is 0 Å². The molecule has 0 aliphatic rings. The van der Waals surface area contributed by atoms with Crippen molar-refractivity contribution in [3.8, 4) is 9.75 Å². The number of aromatic nitrogens is 1. The minimum absolute atomic E-state index is 0.0926. The zero-order chi connectivity index (χ0) is 11.0. The Hall–Kier alpha value is -0.240. The number of carboxylic acid groups (broad SMARTS) is 1. The van der Waals surface area contributed by atoms with Crippen molar-refractivity contribution >= 4 is 60.5 Å². The number of carbonyl (C=O) groups is 1. The van der Waals surface area contributed by atoms with Gasteiger partial charge in [-0.05, 0) is 43.3 Å². The lowest BCUT2D eigenvalue weighted by atomic mass is 10.3. The van der Waals surface area contributed by atoms with E-state index in [-0.39, 0.29) is 5.69 Å². The molecule has 0 aliphatic carbocycles. The molecule has 0 aliphatic heterocycles. The van der Waals surface area contributed by atoms with Gasteiger partial charge in [-0.2, -0.15) is 0 Å². The van der Waals surface area contributed by atoms with Gasteiger partial charge in [-0.3, -0.25) is 0 Å². The molecular weight excluding hydrogens is 366 g/mol. The Morgan fingerprint density at radius 1 is 1.40 bits per heavy atom. The second-order valence-corrected chi connectivity index (χ2v) is 6.59. The lowest BCUT2D eigenvalue weighted by molar-refractivity contribution is 0.0692. The van der Waals surface area contributed by atoms with E-state index in [1.54, 1.807) is 0 Å². The third-order valence-electron chi connectivity index (χ3n) is 1.63. The van der Waals surface area contributed by atoms with E-state index in [0.717, 1.165) is 9.35 Å². The standard InChI is InChI=1S/C8H3Br2NO2S2/c9-3-1-2-14-5(3)6-4(7(12)13)11-8(10)15-6/h1-2H,(H,12,13). The molecule has 2 aromatic rings. The third kappa shape index (κ3) is 2.15. The van der Waals surface area contributed by atoms with Crippen molar-refractivity contribution in [3.63, 3.8) is 0 Å². The van der Waals surface area contributed by atoms with Crippen LogP contribution in [-0.4, -0.2) is 16.1 Å². The summed E-state index contributed by atoms with van der Waals surface area (Å²) in [6.07, 6.45) is 0. The predicted molar refractivity (Wildman–Crippen MR) is 67.8 cm³/mol. The zero-order valence-electron chi connectivity index (χ0n) is 7.03. The maximum absolute atomic E-state index is 11.0. The second-order valence-electron chi connectivity index (χ2n) is 2.55. The van der Waals surface area contributed by atoms with E-state index in [0.29, 0.717) is 8.79 Å². The van der Waals surface area contributed by atoms with Gasteiger partial charge >= 0.3 is 5.97 Å². The smallest absolute Gasteiger partial charge is 0.356 e. The summed E-state index contributed by atoms with van der Waals surface area (Å²) in [4.78, 5) is 16.5. The number of hydrogen-bond acceptors (Lipinski definition) is 4. The molecule has 0 spiro atoms.